The Morgan fingerprint density at radius 2 is 2.07 bits per heavy atom. The van der Waals surface area contributed by atoms with Gasteiger partial charge in [0.25, 0.3) is 5.56 Å². The molecular weight excluding hydrogens is 372 g/mol. The molecule has 1 atom stereocenters. The van der Waals surface area contributed by atoms with Crippen molar-refractivity contribution in [1.82, 2.24) is 20.0 Å². The Balaban J connectivity index is 1.72. The largest absolute Gasteiger partial charge is 0.482 e. The molecule has 8 heteroatoms. The fourth-order valence-corrected chi connectivity index (χ4v) is 3.17. The lowest BCUT2D eigenvalue weighted by molar-refractivity contribution is -0.139. The molecule has 29 heavy (non-hydrogen) atoms. The van der Waals surface area contributed by atoms with Gasteiger partial charge in [0.05, 0.1) is 23.8 Å². The van der Waals surface area contributed by atoms with Crippen LogP contribution in [0.25, 0.3) is 21.9 Å². The number of carboxylic acids is 1. The Labute approximate surface area is 165 Å². The first kappa shape index (κ1) is 18.4. The number of aromatic amines is 1. The molecule has 0 spiro atoms. The summed E-state index contributed by atoms with van der Waals surface area (Å²) in [6.07, 6.45) is 5.13. The number of nitrogens with one attached hydrogen (secondary N) is 1. The number of hydrogen-bond acceptors (Lipinski definition) is 5. The van der Waals surface area contributed by atoms with E-state index in [4.69, 9.17) is 9.84 Å². The van der Waals surface area contributed by atoms with Crippen molar-refractivity contribution in [2.45, 2.75) is 13.0 Å². The number of aliphatic carboxylic acids is 1. The average molecular weight is 390 g/mol. The van der Waals surface area contributed by atoms with Crippen molar-refractivity contribution in [3.05, 3.63) is 77.0 Å². The van der Waals surface area contributed by atoms with Crippen molar-refractivity contribution >= 4 is 16.7 Å². The molecule has 0 bridgehead atoms. The first-order valence-corrected chi connectivity index (χ1v) is 8.98. The van der Waals surface area contributed by atoms with Crippen LogP contribution in [0.1, 0.15) is 18.5 Å². The van der Waals surface area contributed by atoms with E-state index in [9.17, 15) is 9.59 Å². The molecule has 0 radical (unpaired) electrons. The SMILES string of the molecule is CC(c1cccc(OCC(=O)O)c1)n1ncc2ccc(-c3cn[nH]c3)cc2c1=O. The number of rotatable bonds is 6. The van der Waals surface area contributed by atoms with E-state index in [-0.39, 0.29) is 11.6 Å². The van der Waals surface area contributed by atoms with Gasteiger partial charge < -0.3 is 9.84 Å². The third-order valence-electron chi connectivity index (χ3n) is 4.71. The lowest BCUT2D eigenvalue weighted by Crippen LogP contribution is -2.26. The third kappa shape index (κ3) is 3.73. The fourth-order valence-electron chi connectivity index (χ4n) is 3.17. The summed E-state index contributed by atoms with van der Waals surface area (Å²) < 4.78 is 6.65. The number of nitrogens with zero attached hydrogens (tertiary/aromatic N) is 3. The normalized spacial score (nSPS) is 12.0. The van der Waals surface area contributed by atoms with Crippen LogP contribution in [-0.2, 0) is 4.79 Å². The molecule has 1 unspecified atom stereocenters. The van der Waals surface area contributed by atoms with Gasteiger partial charge in [-0.05, 0) is 36.2 Å². The van der Waals surface area contributed by atoms with Crippen molar-refractivity contribution in [2.75, 3.05) is 6.61 Å². The molecule has 0 saturated heterocycles. The van der Waals surface area contributed by atoms with E-state index in [0.717, 1.165) is 22.1 Å². The molecule has 4 rings (SSSR count). The number of hydrogen-bond donors (Lipinski definition) is 2. The smallest absolute Gasteiger partial charge is 0.341 e. The fraction of sp³-hybridized carbons (Fsp3) is 0.143. The van der Waals surface area contributed by atoms with E-state index >= 15 is 0 Å². The summed E-state index contributed by atoms with van der Waals surface area (Å²) in [7, 11) is 0. The third-order valence-corrected chi connectivity index (χ3v) is 4.71. The molecule has 0 amide bonds. The zero-order chi connectivity index (χ0) is 20.4. The summed E-state index contributed by atoms with van der Waals surface area (Å²) in [6, 6.07) is 12.2. The Hall–Kier alpha value is -3.94. The number of benzene rings is 2. The van der Waals surface area contributed by atoms with Crippen molar-refractivity contribution in [3.8, 4) is 16.9 Å². The van der Waals surface area contributed by atoms with Crippen LogP contribution < -0.4 is 10.3 Å². The molecule has 8 nitrogen and oxygen atoms in total. The summed E-state index contributed by atoms with van der Waals surface area (Å²) in [5.41, 5.74) is 2.36. The predicted molar refractivity (Wildman–Crippen MR) is 107 cm³/mol. The minimum atomic E-state index is -1.05. The second kappa shape index (κ2) is 7.59. The van der Waals surface area contributed by atoms with Gasteiger partial charge in [0.1, 0.15) is 5.75 Å². The summed E-state index contributed by atoms with van der Waals surface area (Å²) in [5.74, 6) is -0.628. The highest BCUT2D eigenvalue weighted by Gasteiger charge is 2.14. The first-order chi connectivity index (χ1) is 14.0. The Bertz CT molecular complexity index is 1230. The molecule has 4 aromatic rings. The van der Waals surface area contributed by atoms with Crippen LogP contribution in [0.15, 0.2) is 65.8 Å². The van der Waals surface area contributed by atoms with E-state index in [1.807, 2.05) is 31.2 Å². The highest BCUT2D eigenvalue weighted by Crippen LogP contribution is 2.24. The number of fused-ring (bicyclic) bond motifs is 1. The van der Waals surface area contributed by atoms with Crippen LogP contribution in [0.2, 0.25) is 0 Å². The van der Waals surface area contributed by atoms with Crippen molar-refractivity contribution in [2.24, 2.45) is 0 Å². The number of aromatic nitrogens is 4. The van der Waals surface area contributed by atoms with E-state index in [1.54, 1.807) is 36.8 Å². The van der Waals surface area contributed by atoms with Crippen LogP contribution in [-0.4, -0.2) is 37.7 Å². The summed E-state index contributed by atoms with van der Waals surface area (Å²) in [4.78, 5) is 23.8. The van der Waals surface area contributed by atoms with Gasteiger partial charge in [0, 0.05) is 17.1 Å². The molecule has 0 aliphatic rings. The van der Waals surface area contributed by atoms with Crippen LogP contribution >= 0.6 is 0 Å². The number of ether oxygens (including phenoxy) is 1. The molecule has 0 aliphatic heterocycles. The van der Waals surface area contributed by atoms with Gasteiger partial charge in [-0.3, -0.25) is 9.89 Å². The number of H-pyrrole nitrogens is 1. The molecule has 146 valence electrons. The maximum atomic E-state index is 13.1. The van der Waals surface area contributed by atoms with Crippen LogP contribution in [0, 0.1) is 0 Å². The zero-order valence-electron chi connectivity index (χ0n) is 15.6. The topological polar surface area (TPSA) is 110 Å². The van der Waals surface area contributed by atoms with Crippen LogP contribution in [0.4, 0.5) is 0 Å². The van der Waals surface area contributed by atoms with Gasteiger partial charge >= 0.3 is 5.97 Å². The Morgan fingerprint density at radius 1 is 1.21 bits per heavy atom. The minimum Gasteiger partial charge on any atom is -0.482 e. The van der Waals surface area contributed by atoms with Gasteiger partial charge in [-0.25, -0.2) is 9.48 Å². The van der Waals surface area contributed by atoms with E-state index in [2.05, 4.69) is 15.3 Å². The summed E-state index contributed by atoms with van der Waals surface area (Å²) in [6.45, 7) is 1.43. The monoisotopic (exact) mass is 390 g/mol. The van der Waals surface area contributed by atoms with Gasteiger partial charge in [-0.1, -0.05) is 24.3 Å². The quantitative estimate of drug-likeness (QED) is 0.524. The maximum absolute atomic E-state index is 13.1. The molecule has 2 N–H and O–H groups in total. The second-order valence-electron chi connectivity index (χ2n) is 6.61. The van der Waals surface area contributed by atoms with E-state index < -0.39 is 12.6 Å². The molecular formula is C21H18N4O4. The lowest BCUT2D eigenvalue weighted by atomic mass is 10.0. The van der Waals surface area contributed by atoms with Gasteiger partial charge in [0.2, 0.25) is 0 Å². The standard InChI is InChI=1S/C21H18N4O4/c1-13(14-3-2-4-18(7-14)29-12-20(26)27)25-21(28)19-8-15(17-9-22-23-10-17)5-6-16(19)11-24-25/h2-11,13H,12H2,1H3,(H,22,23)(H,26,27). The molecule has 2 heterocycles. The Morgan fingerprint density at radius 3 is 2.83 bits per heavy atom. The second-order valence-corrected chi connectivity index (χ2v) is 6.61. The number of carboxylic acid groups (broad SMARTS) is 1. The van der Waals surface area contributed by atoms with E-state index in [0.29, 0.717) is 11.1 Å². The summed E-state index contributed by atoms with van der Waals surface area (Å²) >= 11 is 0. The maximum Gasteiger partial charge on any atom is 0.341 e. The van der Waals surface area contributed by atoms with Gasteiger partial charge in [-0.15, -0.1) is 0 Å². The molecule has 2 aromatic heterocycles. The zero-order valence-corrected chi connectivity index (χ0v) is 15.6. The lowest BCUT2D eigenvalue weighted by Gasteiger charge is -2.16. The molecule has 0 fully saturated rings. The van der Waals surface area contributed by atoms with E-state index in [1.165, 1.54) is 4.68 Å². The highest BCUT2D eigenvalue weighted by atomic mass is 16.5. The highest BCUT2D eigenvalue weighted by molar-refractivity contribution is 5.85. The van der Waals surface area contributed by atoms with Crippen molar-refractivity contribution in [3.63, 3.8) is 0 Å². The van der Waals surface area contributed by atoms with Crippen LogP contribution in [0.3, 0.4) is 0 Å². The average Bonchev–Trinajstić information content (AvgIpc) is 3.27. The first-order valence-electron chi connectivity index (χ1n) is 8.98. The van der Waals surface area contributed by atoms with Crippen LogP contribution in [0.5, 0.6) is 5.75 Å². The van der Waals surface area contributed by atoms with Crippen molar-refractivity contribution in [1.29, 1.82) is 0 Å². The minimum absolute atomic E-state index is 0.211. The summed E-state index contributed by atoms with van der Waals surface area (Å²) in [5, 5.41) is 21.1. The van der Waals surface area contributed by atoms with Crippen molar-refractivity contribution < 1.29 is 14.6 Å². The van der Waals surface area contributed by atoms with Gasteiger partial charge in [-0.2, -0.15) is 10.2 Å². The molecule has 0 saturated carbocycles. The number of carbonyl (C=O) groups is 1. The predicted octanol–water partition coefficient (Wildman–Crippen LogP) is 2.86. The molecule has 2 aromatic carbocycles. The molecule has 0 aliphatic carbocycles. The van der Waals surface area contributed by atoms with Gasteiger partial charge in [0.15, 0.2) is 6.61 Å². The Kier molecular flexibility index (Phi) is 4.82.